The number of nitrogens with zero attached hydrogens (tertiary/aromatic N) is 2. The zero-order valence-corrected chi connectivity index (χ0v) is 11.8. The molecule has 1 fully saturated rings. The number of benzene rings is 1. The lowest BCUT2D eigenvalue weighted by Crippen LogP contribution is -2.42. The van der Waals surface area contributed by atoms with Crippen molar-refractivity contribution in [1.82, 2.24) is 9.88 Å². The Kier molecular flexibility index (Phi) is 3.62. The molecule has 1 aromatic carbocycles. The molecule has 1 saturated heterocycles. The molecule has 4 heteroatoms. The number of thiazole rings is 1. The number of hydrogen-bond donors (Lipinski definition) is 0. The van der Waals surface area contributed by atoms with Crippen LogP contribution in [-0.2, 0) is 6.42 Å². The van der Waals surface area contributed by atoms with Gasteiger partial charge in [0.2, 0.25) is 0 Å². The molecular weight excluding hydrogens is 259 g/mol. The van der Waals surface area contributed by atoms with Crippen LogP contribution in [0.2, 0.25) is 0 Å². The number of likely N-dealkylation sites (tertiary alicyclic amines) is 1. The third-order valence-corrected chi connectivity index (χ3v) is 4.53. The highest BCUT2D eigenvalue weighted by Gasteiger charge is 2.28. The van der Waals surface area contributed by atoms with E-state index in [1.165, 1.54) is 17.7 Å². The lowest BCUT2D eigenvalue weighted by Gasteiger charge is -2.41. The summed E-state index contributed by atoms with van der Waals surface area (Å²) in [5.74, 6) is -0.160. The molecule has 0 bridgehead atoms. The summed E-state index contributed by atoms with van der Waals surface area (Å²) in [7, 11) is 0. The molecule has 0 aliphatic carbocycles. The van der Waals surface area contributed by atoms with Crippen molar-refractivity contribution >= 4 is 11.3 Å². The average molecular weight is 276 g/mol. The maximum absolute atomic E-state index is 12.9. The van der Waals surface area contributed by atoms with Crippen LogP contribution in [0.3, 0.4) is 0 Å². The molecule has 0 unspecified atom stereocenters. The largest absolute Gasteiger partial charge is 0.296 e. The van der Waals surface area contributed by atoms with E-state index in [-0.39, 0.29) is 5.82 Å². The Morgan fingerprint density at radius 3 is 2.74 bits per heavy atom. The van der Waals surface area contributed by atoms with Crippen molar-refractivity contribution < 1.29 is 4.39 Å². The molecule has 0 radical (unpaired) electrons. The van der Waals surface area contributed by atoms with Gasteiger partial charge in [0, 0.05) is 30.9 Å². The number of aryl methyl sites for hydroxylation is 1. The molecule has 2 heterocycles. The zero-order chi connectivity index (χ0) is 13.2. The molecule has 100 valence electrons. The zero-order valence-electron chi connectivity index (χ0n) is 11.0. The number of aromatic nitrogens is 1. The third kappa shape index (κ3) is 2.85. The van der Waals surface area contributed by atoms with Gasteiger partial charge in [-0.15, -0.1) is 11.3 Å². The first-order chi connectivity index (χ1) is 9.22. The van der Waals surface area contributed by atoms with Gasteiger partial charge >= 0.3 is 0 Å². The fourth-order valence-corrected chi connectivity index (χ4v) is 3.20. The smallest absolute Gasteiger partial charge is 0.123 e. The molecule has 0 saturated carbocycles. The second kappa shape index (κ2) is 5.39. The normalized spacial score (nSPS) is 19.4. The number of rotatable bonds is 4. The molecular formula is C15H17FN2S. The van der Waals surface area contributed by atoms with Gasteiger partial charge in [-0.2, -0.15) is 0 Å². The average Bonchev–Trinajstić information content (AvgIpc) is 2.77. The summed E-state index contributed by atoms with van der Waals surface area (Å²) in [6.07, 6.45) is 2.17. The van der Waals surface area contributed by atoms with E-state index in [0.717, 1.165) is 24.5 Å². The second-order valence-electron chi connectivity index (χ2n) is 5.00. The third-order valence-electron chi connectivity index (χ3n) is 3.71. The minimum atomic E-state index is -0.160. The summed E-state index contributed by atoms with van der Waals surface area (Å²) >= 11 is 1.71. The van der Waals surface area contributed by atoms with Crippen LogP contribution in [0.15, 0.2) is 29.6 Å². The van der Waals surface area contributed by atoms with E-state index in [0.29, 0.717) is 6.04 Å². The minimum Gasteiger partial charge on any atom is -0.296 e. The van der Waals surface area contributed by atoms with Gasteiger partial charge < -0.3 is 0 Å². The summed E-state index contributed by atoms with van der Waals surface area (Å²) in [6.45, 7) is 4.20. The van der Waals surface area contributed by atoms with Crippen LogP contribution in [-0.4, -0.2) is 23.0 Å². The van der Waals surface area contributed by atoms with E-state index in [4.69, 9.17) is 0 Å². The van der Waals surface area contributed by atoms with Gasteiger partial charge in [-0.25, -0.2) is 9.37 Å². The summed E-state index contributed by atoms with van der Waals surface area (Å²) in [5.41, 5.74) is 2.41. The highest BCUT2D eigenvalue weighted by atomic mass is 32.1. The Bertz CT molecular complexity index is 550. The molecule has 0 N–H and O–H groups in total. The number of halogens is 1. The van der Waals surface area contributed by atoms with Crippen molar-refractivity contribution in [3.63, 3.8) is 0 Å². The van der Waals surface area contributed by atoms with Gasteiger partial charge in [0.25, 0.3) is 0 Å². The van der Waals surface area contributed by atoms with Crippen molar-refractivity contribution in [2.45, 2.75) is 25.8 Å². The van der Waals surface area contributed by atoms with Crippen LogP contribution >= 0.6 is 11.3 Å². The van der Waals surface area contributed by atoms with Crippen LogP contribution in [0.25, 0.3) is 0 Å². The number of hydrogen-bond acceptors (Lipinski definition) is 3. The summed E-state index contributed by atoms with van der Waals surface area (Å²) in [5, 5.41) is 3.27. The lowest BCUT2D eigenvalue weighted by atomic mass is 9.94. The van der Waals surface area contributed by atoms with E-state index in [2.05, 4.69) is 15.3 Å². The van der Waals surface area contributed by atoms with Gasteiger partial charge in [-0.05, 0) is 31.0 Å². The van der Waals surface area contributed by atoms with Crippen molar-refractivity contribution in [3.05, 3.63) is 51.7 Å². The predicted octanol–water partition coefficient (Wildman–Crippen LogP) is 3.58. The highest BCUT2D eigenvalue weighted by Crippen LogP contribution is 2.33. The fourth-order valence-electron chi connectivity index (χ4n) is 2.55. The molecule has 2 aromatic rings. The van der Waals surface area contributed by atoms with Crippen molar-refractivity contribution in [3.8, 4) is 0 Å². The maximum atomic E-state index is 12.9. The van der Waals surface area contributed by atoms with Gasteiger partial charge in [-0.3, -0.25) is 4.90 Å². The lowest BCUT2D eigenvalue weighted by molar-refractivity contribution is 0.0921. The summed E-state index contributed by atoms with van der Waals surface area (Å²) in [4.78, 5) is 6.94. The Hall–Kier alpha value is -1.26. The van der Waals surface area contributed by atoms with Crippen LogP contribution in [0.4, 0.5) is 4.39 Å². The molecule has 1 atom stereocenters. The Balaban J connectivity index is 1.59. The van der Waals surface area contributed by atoms with Gasteiger partial charge in [0.1, 0.15) is 5.82 Å². The van der Waals surface area contributed by atoms with Gasteiger partial charge in [0.15, 0.2) is 0 Å². The molecule has 1 aliphatic heterocycles. The van der Waals surface area contributed by atoms with Crippen LogP contribution in [0.1, 0.15) is 28.7 Å². The van der Waals surface area contributed by atoms with E-state index in [1.54, 1.807) is 23.5 Å². The minimum absolute atomic E-state index is 0.160. The highest BCUT2D eigenvalue weighted by molar-refractivity contribution is 7.09. The molecule has 1 aromatic heterocycles. The van der Waals surface area contributed by atoms with Crippen molar-refractivity contribution in [2.75, 3.05) is 13.1 Å². The molecule has 1 aliphatic rings. The predicted molar refractivity (Wildman–Crippen MR) is 75.9 cm³/mol. The summed E-state index contributed by atoms with van der Waals surface area (Å²) in [6, 6.07) is 7.36. The van der Waals surface area contributed by atoms with Crippen molar-refractivity contribution in [2.24, 2.45) is 0 Å². The fraction of sp³-hybridized carbons (Fsp3) is 0.400. The van der Waals surface area contributed by atoms with Crippen LogP contribution in [0, 0.1) is 12.7 Å². The van der Waals surface area contributed by atoms with E-state index in [9.17, 15) is 4.39 Å². The Morgan fingerprint density at radius 1 is 1.37 bits per heavy atom. The van der Waals surface area contributed by atoms with E-state index >= 15 is 0 Å². The molecule has 0 amide bonds. The summed E-state index contributed by atoms with van der Waals surface area (Å²) < 4.78 is 12.9. The van der Waals surface area contributed by atoms with E-state index in [1.807, 2.05) is 19.1 Å². The first kappa shape index (κ1) is 12.8. The first-order valence-electron chi connectivity index (χ1n) is 6.63. The molecule has 2 nitrogen and oxygen atoms in total. The Labute approximate surface area is 116 Å². The maximum Gasteiger partial charge on any atom is 0.123 e. The standard InChI is InChI=1S/C15H17FN2S/c1-11-17-14(10-19-11)6-8-18-9-7-15(18)12-2-4-13(16)5-3-12/h2-5,10,15H,6-9H2,1H3/t15-/m0/s1. The Morgan fingerprint density at radius 2 is 2.16 bits per heavy atom. The topological polar surface area (TPSA) is 16.1 Å². The molecule has 19 heavy (non-hydrogen) atoms. The second-order valence-corrected chi connectivity index (χ2v) is 6.06. The van der Waals surface area contributed by atoms with Gasteiger partial charge in [0.05, 0.1) is 10.7 Å². The van der Waals surface area contributed by atoms with E-state index < -0.39 is 0 Å². The molecule has 3 rings (SSSR count). The molecule has 0 spiro atoms. The quantitative estimate of drug-likeness (QED) is 0.848. The van der Waals surface area contributed by atoms with Crippen LogP contribution < -0.4 is 0 Å². The van der Waals surface area contributed by atoms with Crippen molar-refractivity contribution in [1.29, 1.82) is 0 Å². The van der Waals surface area contributed by atoms with Gasteiger partial charge in [-0.1, -0.05) is 12.1 Å². The van der Waals surface area contributed by atoms with Crippen LogP contribution in [0.5, 0.6) is 0 Å². The monoisotopic (exact) mass is 276 g/mol. The first-order valence-corrected chi connectivity index (χ1v) is 7.51. The SMILES string of the molecule is Cc1nc(CCN2CC[C@H]2c2ccc(F)cc2)cs1.